The fraction of sp³-hybridized carbons (Fsp3) is 0.471. The largest absolute Gasteiger partial charge is 0.422 e. The van der Waals surface area contributed by atoms with Crippen LogP contribution >= 0.6 is 0 Å². The van der Waals surface area contributed by atoms with Crippen LogP contribution in [0.3, 0.4) is 0 Å². The number of aromatic nitrogens is 3. The maximum atomic E-state index is 13.6. The first-order chi connectivity index (χ1) is 12.8. The van der Waals surface area contributed by atoms with Crippen LogP contribution in [0.5, 0.6) is 0 Å². The van der Waals surface area contributed by atoms with E-state index >= 15 is 0 Å². The SMILES string of the molecule is O=C1CC(O)(C(F)(F)F)c2c(n[nH]c2C2CCN(c3cccnc3)CC2)N1. The van der Waals surface area contributed by atoms with Gasteiger partial charge in [0.15, 0.2) is 11.4 Å². The first-order valence-electron chi connectivity index (χ1n) is 8.62. The minimum absolute atomic E-state index is 0.224. The summed E-state index contributed by atoms with van der Waals surface area (Å²) >= 11 is 0. The smallest absolute Gasteiger partial charge is 0.376 e. The predicted molar refractivity (Wildman–Crippen MR) is 90.2 cm³/mol. The van der Waals surface area contributed by atoms with Crippen molar-refractivity contribution in [2.75, 3.05) is 23.3 Å². The van der Waals surface area contributed by atoms with Crippen LogP contribution in [0.2, 0.25) is 0 Å². The second-order valence-corrected chi connectivity index (χ2v) is 6.92. The lowest BCUT2D eigenvalue weighted by molar-refractivity contribution is -0.267. The molecular formula is C17H18F3N5O2. The van der Waals surface area contributed by atoms with Gasteiger partial charge in [0.2, 0.25) is 5.91 Å². The van der Waals surface area contributed by atoms with Gasteiger partial charge in [0, 0.05) is 30.9 Å². The molecule has 2 aromatic heterocycles. The van der Waals surface area contributed by atoms with Crippen LogP contribution in [-0.2, 0) is 10.4 Å². The zero-order valence-corrected chi connectivity index (χ0v) is 14.3. The van der Waals surface area contributed by atoms with E-state index in [1.807, 2.05) is 12.1 Å². The average Bonchev–Trinajstić information content (AvgIpc) is 3.06. The highest BCUT2D eigenvalue weighted by Crippen LogP contribution is 2.49. The van der Waals surface area contributed by atoms with E-state index in [4.69, 9.17) is 0 Å². The van der Waals surface area contributed by atoms with Crippen LogP contribution in [0.25, 0.3) is 0 Å². The Hall–Kier alpha value is -2.62. The van der Waals surface area contributed by atoms with E-state index in [-0.39, 0.29) is 23.0 Å². The summed E-state index contributed by atoms with van der Waals surface area (Å²) in [7, 11) is 0. The van der Waals surface area contributed by atoms with Crippen molar-refractivity contribution in [1.82, 2.24) is 15.2 Å². The lowest BCUT2D eigenvalue weighted by Gasteiger charge is -2.37. The van der Waals surface area contributed by atoms with Crippen molar-refractivity contribution in [2.24, 2.45) is 0 Å². The molecule has 1 amide bonds. The van der Waals surface area contributed by atoms with E-state index in [9.17, 15) is 23.1 Å². The molecule has 0 saturated carbocycles. The monoisotopic (exact) mass is 381 g/mol. The van der Waals surface area contributed by atoms with Gasteiger partial charge in [-0.2, -0.15) is 18.3 Å². The molecule has 0 aromatic carbocycles. The fourth-order valence-electron chi connectivity index (χ4n) is 3.87. The Bertz CT molecular complexity index is 846. The van der Waals surface area contributed by atoms with Gasteiger partial charge in [0.25, 0.3) is 0 Å². The highest BCUT2D eigenvalue weighted by molar-refractivity contribution is 5.94. The van der Waals surface area contributed by atoms with Crippen molar-refractivity contribution in [1.29, 1.82) is 0 Å². The van der Waals surface area contributed by atoms with Crippen LogP contribution in [-0.4, -0.2) is 45.5 Å². The molecule has 1 saturated heterocycles. The second kappa shape index (κ2) is 6.22. The molecule has 1 fully saturated rings. The Morgan fingerprint density at radius 2 is 2.04 bits per heavy atom. The van der Waals surface area contributed by atoms with Crippen molar-refractivity contribution in [3.05, 3.63) is 35.8 Å². The third-order valence-electron chi connectivity index (χ3n) is 5.27. The lowest BCUT2D eigenvalue weighted by Crippen LogP contribution is -2.48. The number of pyridine rings is 1. The molecule has 2 aliphatic rings. The highest BCUT2D eigenvalue weighted by atomic mass is 19.4. The molecule has 2 aliphatic heterocycles. The summed E-state index contributed by atoms with van der Waals surface area (Å²) in [5.74, 6) is -1.37. The number of H-pyrrole nitrogens is 1. The van der Waals surface area contributed by atoms with Crippen molar-refractivity contribution in [3.8, 4) is 0 Å². The second-order valence-electron chi connectivity index (χ2n) is 6.92. The summed E-state index contributed by atoms with van der Waals surface area (Å²) in [5.41, 5.74) is -2.38. The van der Waals surface area contributed by atoms with E-state index in [2.05, 4.69) is 25.4 Å². The number of aromatic amines is 1. The number of hydrogen-bond donors (Lipinski definition) is 3. The van der Waals surface area contributed by atoms with Crippen LogP contribution in [0.15, 0.2) is 24.5 Å². The molecule has 0 bridgehead atoms. The Morgan fingerprint density at radius 3 is 2.67 bits per heavy atom. The number of halogens is 3. The van der Waals surface area contributed by atoms with Crippen molar-refractivity contribution >= 4 is 17.4 Å². The Morgan fingerprint density at radius 1 is 1.30 bits per heavy atom. The van der Waals surface area contributed by atoms with Crippen LogP contribution in [0, 0.1) is 0 Å². The number of hydrogen-bond acceptors (Lipinski definition) is 5. The minimum Gasteiger partial charge on any atom is -0.376 e. The third kappa shape index (κ3) is 2.93. The molecule has 1 unspecified atom stereocenters. The molecule has 0 spiro atoms. The molecule has 3 N–H and O–H groups in total. The normalized spacial score (nSPS) is 23.9. The maximum absolute atomic E-state index is 13.6. The number of nitrogens with zero attached hydrogens (tertiary/aromatic N) is 3. The zero-order chi connectivity index (χ0) is 19.2. The number of carbonyl (C=O) groups excluding carboxylic acids is 1. The number of amides is 1. The summed E-state index contributed by atoms with van der Waals surface area (Å²) in [5, 5.41) is 19.2. The molecule has 0 radical (unpaired) electrons. The van der Waals surface area contributed by atoms with E-state index < -0.39 is 24.1 Å². The predicted octanol–water partition coefficient (Wildman–Crippen LogP) is 2.28. The van der Waals surface area contributed by atoms with Gasteiger partial charge in [-0.15, -0.1) is 0 Å². The molecule has 27 heavy (non-hydrogen) atoms. The van der Waals surface area contributed by atoms with E-state index in [1.165, 1.54) is 0 Å². The van der Waals surface area contributed by atoms with Gasteiger partial charge in [0.1, 0.15) is 0 Å². The van der Waals surface area contributed by atoms with Crippen molar-refractivity contribution < 1.29 is 23.1 Å². The van der Waals surface area contributed by atoms with Crippen molar-refractivity contribution in [3.63, 3.8) is 0 Å². The third-order valence-corrected chi connectivity index (χ3v) is 5.27. The summed E-state index contributed by atoms with van der Waals surface area (Å²) in [6.07, 6.45) is -1.44. The number of alkyl halides is 3. The number of aliphatic hydroxyl groups is 1. The van der Waals surface area contributed by atoms with E-state index in [1.54, 1.807) is 12.4 Å². The van der Waals surface area contributed by atoms with Crippen molar-refractivity contribution in [2.45, 2.75) is 37.0 Å². The molecule has 10 heteroatoms. The minimum atomic E-state index is -4.98. The van der Waals surface area contributed by atoms with Gasteiger partial charge in [0.05, 0.1) is 23.9 Å². The van der Waals surface area contributed by atoms with Gasteiger partial charge in [-0.25, -0.2) is 0 Å². The molecule has 0 aliphatic carbocycles. The molecule has 4 rings (SSSR count). The summed E-state index contributed by atoms with van der Waals surface area (Å²) in [6.45, 7) is 1.28. The highest BCUT2D eigenvalue weighted by Gasteiger charge is 2.61. The van der Waals surface area contributed by atoms with E-state index in [0.717, 1.165) is 5.69 Å². The quantitative estimate of drug-likeness (QED) is 0.742. The molecule has 7 nitrogen and oxygen atoms in total. The van der Waals surface area contributed by atoms with Crippen LogP contribution in [0.4, 0.5) is 24.7 Å². The Kier molecular flexibility index (Phi) is 4.10. The number of carbonyl (C=O) groups is 1. The number of fused-ring (bicyclic) bond motifs is 1. The first-order valence-corrected chi connectivity index (χ1v) is 8.62. The standard InChI is InChI=1S/C17H18F3N5O2/c18-17(19,20)16(27)8-12(26)22-15-13(16)14(23-24-15)10-3-6-25(7-4-10)11-2-1-5-21-9-11/h1-2,5,9-10,27H,3-4,6-8H2,(H2,22,23,24,26). The number of rotatable bonds is 2. The lowest BCUT2D eigenvalue weighted by atomic mass is 9.81. The summed E-state index contributed by atoms with van der Waals surface area (Å²) in [4.78, 5) is 17.8. The van der Waals surface area contributed by atoms with Crippen LogP contribution in [0.1, 0.15) is 36.4 Å². The molecular weight excluding hydrogens is 363 g/mol. The topological polar surface area (TPSA) is 94.1 Å². The van der Waals surface area contributed by atoms with Gasteiger partial charge in [-0.1, -0.05) is 0 Å². The maximum Gasteiger partial charge on any atom is 0.422 e. The molecule has 4 heterocycles. The zero-order valence-electron chi connectivity index (χ0n) is 14.3. The molecule has 144 valence electrons. The van der Waals surface area contributed by atoms with E-state index in [0.29, 0.717) is 25.9 Å². The van der Waals surface area contributed by atoms with Crippen LogP contribution < -0.4 is 10.2 Å². The Labute approximate surface area is 152 Å². The average molecular weight is 381 g/mol. The van der Waals surface area contributed by atoms with Gasteiger partial charge < -0.3 is 15.3 Å². The van der Waals surface area contributed by atoms with Gasteiger partial charge >= 0.3 is 6.18 Å². The van der Waals surface area contributed by atoms with Gasteiger partial charge in [-0.05, 0) is 25.0 Å². The number of nitrogens with one attached hydrogen (secondary N) is 2. The summed E-state index contributed by atoms with van der Waals surface area (Å²) in [6, 6.07) is 3.77. The number of piperidine rings is 1. The fourth-order valence-corrected chi connectivity index (χ4v) is 3.87. The number of anilines is 2. The van der Waals surface area contributed by atoms with Gasteiger partial charge in [-0.3, -0.25) is 14.9 Å². The summed E-state index contributed by atoms with van der Waals surface area (Å²) < 4.78 is 40.8. The molecule has 1 atom stereocenters. The first kappa shape index (κ1) is 17.8. The Balaban J connectivity index is 1.61. The molecule has 2 aromatic rings.